The maximum atomic E-state index is 5.84. The van der Waals surface area contributed by atoms with E-state index in [1.807, 2.05) is 6.07 Å². The Labute approximate surface area is 73.6 Å². The molecular formula is C11H15N. The van der Waals surface area contributed by atoms with Gasteiger partial charge in [-0.1, -0.05) is 6.07 Å². The summed E-state index contributed by atoms with van der Waals surface area (Å²) in [4.78, 5) is 0. The standard InChI is InChI=1S/C11H15N/c1-8-10-5-3-2-4-9(10)6-7-11(8)12/h6-7H,2-5,12H2,1H3. The fourth-order valence-corrected chi connectivity index (χ4v) is 2.03. The molecule has 0 radical (unpaired) electrons. The third-order valence-electron chi connectivity index (χ3n) is 2.86. The largest absolute Gasteiger partial charge is 0.399 e. The minimum atomic E-state index is 0.954. The molecule has 0 amide bonds. The number of anilines is 1. The minimum Gasteiger partial charge on any atom is -0.399 e. The quantitative estimate of drug-likeness (QED) is 0.581. The van der Waals surface area contributed by atoms with E-state index in [1.54, 1.807) is 0 Å². The van der Waals surface area contributed by atoms with E-state index in [0.717, 1.165) is 5.69 Å². The van der Waals surface area contributed by atoms with Crippen molar-refractivity contribution in [2.45, 2.75) is 32.6 Å². The van der Waals surface area contributed by atoms with Gasteiger partial charge in [-0.25, -0.2) is 0 Å². The van der Waals surface area contributed by atoms with Crippen molar-refractivity contribution < 1.29 is 0 Å². The summed E-state index contributed by atoms with van der Waals surface area (Å²) in [6, 6.07) is 4.23. The molecule has 1 aliphatic rings. The van der Waals surface area contributed by atoms with Crippen LogP contribution in [-0.4, -0.2) is 0 Å². The molecule has 1 aromatic rings. The first-order valence-corrected chi connectivity index (χ1v) is 4.66. The predicted molar refractivity (Wildman–Crippen MR) is 52.2 cm³/mol. The Morgan fingerprint density at radius 2 is 1.92 bits per heavy atom. The van der Waals surface area contributed by atoms with Gasteiger partial charge in [0.25, 0.3) is 0 Å². The van der Waals surface area contributed by atoms with Gasteiger partial charge in [0.1, 0.15) is 0 Å². The normalized spacial score (nSPS) is 15.8. The zero-order chi connectivity index (χ0) is 8.55. The monoisotopic (exact) mass is 161 g/mol. The van der Waals surface area contributed by atoms with Crippen molar-refractivity contribution in [3.8, 4) is 0 Å². The molecule has 1 aromatic carbocycles. The van der Waals surface area contributed by atoms with Gasteiger partial charge < -0.3 is 5.73 Å². The van der Waals surface area contributed by atoms with Crippen LogP contribution in [0.15, 0.2) is 12.1 Å². The summed E-state index contributed by atoms with van der Waals surface area (Å²) >= 11 is 0. The third kappa shape index (κ3) is 1.09. The molecule has 0 saturated heterocycles. The molecule has 1 heteroatoms. The van der Waals surface area contributed by atoms with Crippen LogP contribution >= 0.6 is 0 Å². The Hall–Kier alpha value is -0.980. The summed E-state index contributed by atoms with van der Waals surface area (Å²) in [6.45, 7) is 2.14. The van der Waals surface area contributed by atoms with Crippen LogP contribution in [0.1, 0.15) is 29.5 Å². The number of hydrogen-bond acceptors (Lipinski definition) is 1. The number of nitrogens with two attached hydrogens (primary N) is 1. The lowest BCUT2D eigenvalue weighted by atomic mass is 9.88. The van der Waals surface area contributed by atoms with Crippen molar-refractivity contribution in [2.75, 3.05) is 5.73 Å². The average Bonchev–Trinajstić information content (AvgIpc) is 2.12. The molecule has 0 heterocycles. The number of benzene rings is 1. The molecule has 12 heavy (non-hydrogen) atoms. The summed E-state index contributed by atoms with van der Waals surface area (Å²) in [5, 5.41) is 0. The second kappa shape index (κ2) is 2.81. The molecule has 0 aliphatic heterocycles. The Morgan fingerprint density at radius 1 is 1.17 bits per heavy atom. The predicted octanol–water partition coefficient (Wildman–Crippen LogP) is 2.46. The fourth-order valence-electron chi connectivity index (χ4n) is 2.03. The molecule has 1 aliphatic carbocycles. The van der Waals surface area contributed by atoms with E-state index in [2.05, 4.69) is 13.0 Å². The van der Waals surface area contributed by atoms with Crippen molar-refractivity contribution in [3.05, 3.63) is 28.8 Å². The lowest BCUT2D eigenvalue weighted by Crippen LogP contribution is -2.06. The molecule has 0 bridgehead atoms. The first kappa shape index (κ1) is 7.66. The van der Waals surface area contributed by atoms with Crippen LogP contribution in [0.2, 0.25) is 0 Å². The molecule has 0 saturated carbocycles. The Kier molecular flexibility index (Phi) is 1.80. The van der Waals surface area contributed by atoms with Crippen molar-refractivity contribution >= 4 is 5.69 Å². The van der Waals surface area contributed by atoms with Gasteiger partial charge in [-0.3, -0.25) is 0 Å². The van der Waals surface area contributed by atoms with E-state index < -0.39 is 0 Å². The zero-order valence-electron chi connectivity index (χ0n) is 7.56. The molecule has 2 rings (SSSR count). The number of aryl methyl sites for hydroxylation is 1. The van der Waals surface area contributed by atoms with Gasteiger partial charge in [-0.15, -0.1) is 0 Å². The molecule has 2 N–H and O–H groups in total. The van der Waals surface area contributed by atoms with Crippen molar-refractivity contribution in [3.63, 3.8) is 0 Å². The van der Waals surface area contributed by atoms with Crippen molar-refractivity contribution in [1.29, 1.82) is 0 Å². The van der Waals surface area contributed by atoms with Gasteiger partial charge in [0.15, 0.2) is 0 Å². The van der Waals surface area contributed by atoms with E-state index >= 15 is 0 Å². The smallest absolute Gasteiger partial charge is 0.0346 e. The van der Waals surface area contributed by atoms with Crippen LogP contribution in [0.3, 0.4) is 0 Å². The first-order chi connectivity index (χ1) is 5.79. The van der Waals surface area contributed by atoms with Crippen LogP contribution < -0.4 is 5.73 Å². The SMILES string of the molecule is Cc1c(N)ccc2c1CCCC2. The second-order valence-electron chi connectivity index (χ2n) is 3.62. The molecular weight excluding hydrogens is 146 g/mol. The van der Waals surface area contributed by atoms with Crippen LogP contribution in [0, 0.1) is 6.92 Å². The van der Waals surface area contributed by atoms with Crippen molar-refractivity contribution in [2.24, 2.45) is 0 Å². The summed E-state index contributed by atoms with van der Waals surface area (Å²) in [5.41, 5.74) is 11.1. The van der Waals surface area contributed by atoms with Gasteiger partial charge in [0, 0.05) is 5.69 Å². The maximum absolute atomic E-state index is 5.84. The fraction of sp³-hybridized carbons (Fsp3) is 0.455. The highest BCUT2D eigenvalue weighted by Crippen LogP contribution is 2.27. The summed E-state index contributed by atoms with van der Waals surface area (Å²) in [6.07, 6.45) is 5.15. The average molecular weight is 161 g/mol. The highest BCUT2D eigenvalue weighted by atomic mass is 14.6. The van der Waals surface area contributed by atoms with E-state index in [4.69, 9.17) is 5.73 Å². The molecule has 0 unspecified atom stereocenters. The number of fused-ring (bicyclic) bond motifs is 1. The molecule has 0 fully saturated rings. The topological polar surface area (TPSA) is 26.0 Å². The van der Waals surface area contributed by atoms with Gasteiger partial charge in [-0.2, -0.15) is 0 Å². The van der Waals surface area contributed by atoms with Gasteiger partial charge >= 0.3 is 0 Å². The lowest BCUT2D eigenvalue weighted by molar-refractivity contribution is 0.682. The van der Waals surface area contributed by atoms with E-state index in [-0.39, 0.29) is 0 Å². The molecule has 0 spiro atoms. The Balaban J connectivity index is 2.54. The van der Waals surface area contributed by atoms with Gasteiger partial charge in [0.2, 0.25) is 0 Å². The zero-order valence-corrected chi connectivity index (χ0v) is 7.56. The highest BCUT2D eigenvalue weighted by molar-refractivity contribution is 5.53. The molecule has 1 nitrogen and oxygen atoms in total. The maximum Gasteiger partial charge on any atom is 0.0346 e. The molecule has 0 aromatic heterocycles. The minimum absolute atomic E-state index is 0.954. The second-order valence-corrected chi connectivity index (χ2v) is 3.62. The highest BCUT2D eigenvalue weighted by Gasteiger charge is 2.11. The summed E-state index contributed by atoms with van der Waals surface area (Å²) in [5.74, 6) is 0. The van der Waals surface area contributed by atoms with Crippen LogP contribution in [-0.2, 0) is 12.8 Å². The van der Waals surface area contributed by atoms with Gasteiger partial charge in [-0.05, 0) is 55.4 Å². The Bertz CT molecular complexity index is 302. The van der Waals surface area contributed by atoms with Crippen LogP contribution in [0.4, 0.5) is 5.69 Å². The van der Waals surface area contributed by atoms with Crippen molar-refractivity contribution in [1.82, 2.24) is 0 Å². The number of hydrogen-bond donors (Lipinski definition) is 1. The molecule has 64 valence electrons. The Morgan fingerprint density at radius 3 is 2.75 bits per heavy atom. The van der Waals surface area contributed by atoms with E-state index in [0.29, 0.717) is 0 Å². The first-order valence-electron chi connectivity index (χ1n) is 4.66. The summed E-state index contributed by atoms with van der Waals surface area (Å²) < 4.78 is 0. The number of nitrogen functional groups attached to an aromatic ring is 1. The van der Waals surface area contributed by atoms with Gasteiger partial charge in [0.05, 0.1) is 0 Å². The summed E-state index contributed by atoms with van der Waals surface area (Å²) in [7, 11) is 0. The van der Waals surface area contributed by atoms with Crippen LogP contribution in [0.5, 0.6) is 0 Å². The van der Waals surface area contributed by atoms with E-state index in [1.165, 1.54) is 42.4 Å². The molecule has 0 atom stereocenters. The number of rotatable bonds is 0. The third-order valence-corrected chi connectivity index (χ3v) is 2.86. The van der Waals surface area contributed by atoms with Crippen LogP contribution in [0.25, 0.3) is 0 Å². The van der Waals surface area contributed by atoms with E-state index in [9.17, 15) is 0 Å². The lowest BCUT2D eigenvalue weighted by Gasteiger charge is -2.18.